The highest BCUT2D eigenvalue weighted by molar-refractivity contribution is 7.81. The van der Waals surface area contributed by atoms with Crippen LogP contribution in [0.2, 0.25) is 0 Å². The number of anilines is 2. The average Bonchev–Trinajstić information content (AvgIpc) is 2.80. The molecule has 0 radical (unpaired) electrons. The Morgan fingerprint density at radius 1 is 1.09 bits per heavy atom. The molecule has 0 saturated carbocycles. The van der Waals surface area contributed by atoms with Crippen molar-refractivity contribution in [3.8, 4) is 17.2 Å². The summed E-state index contributed by atoms with van der Waals surface area (Å²) in [5, 5.41) is 11.2. The topological polar surface area (TPSA) is 128 Å². The van der Waals surface area contributed by atoms with Crippen LogP contribution in [-0.4, -0.2) is 33.4 Å². The Kier molecular flexibility index (Phi) is 7.82. The van der Waals surface area contributed by atoms with Crippen LogP contribution in [0.4, 0.5) is 17.1 Å². The van der Waals surface area contributed by atoms with Crippen molar-refractivity contribution in [3.05, 3.63) is 81.9 Å². The van der Waals surface area contributed by atoms with Crippen LogP contribution < -0.4 is 13.8 Å². The summed E-state index contributed by atoms with van der Waals surface area (Å²) >= 11 is -2.49. The first-order valence-corrected chi connectivity index (χ1v) is 11.1. The second-order valence-electron chi connectivity index (χ2n) is 6.95. The number of nitro groups is 1. The molecule has 11 heteroatoms. The number of benzene rings is 3. The number of nitro benzene ring substituents is 1. The summed E-state index contributed by atoms with van der Waals surface area (Å²) in [6.07, 6.45) is 0. The molecule has 0 aromatic heterocycles. The van der Waals surface area contributed by atoms with Crippen LogP contribution in [0.3, 0.4) is 0 Å². The lowest BCUT2D eigenvalue weighted by molar-refractivity contribution is -0.385. The zero-order valence-corrected chi connectivity index (χ0v) is 19.4. The van der Waals surface area contributed by atoms with Crippen molar-refractivity contribution in [2.75, 3.05) is 18.0 Å². The van der Waals surface area contributed by atoms with E-state index in [9.17, 15) is 23.7 Å². The lowest BCUT2D eigenvalue weighted by Gasteiger charge is -2.23. The molecular weight excluding hydrogens is 464 g/mol. The van der Waals surface area contributed by atoms with Gasteiger partial charge >= 0.3 is 11.7 Å². The summed E-state index contributed by atoms with van der Waals surface area (Å²) in [4.78, 5) is 23.2. The molecule has 0 aliphatic heterocycles. The molecule has 1 unspecified atom stereocenters. The minimum atomic E-state index is -2.49. The summed E-state index contributed by atoms with van der Waals surface area (Å²) in [6.45, 7) is 3.80. The van der Waals surface area contributed by atoms with Gasteiger partial charge in [-0.1, -0.05) is 17.7 Å². The Hall–Kier alpha value is -3.96. The third kappa shape index (κ3) is 5.50. The molecule has 1 N–H and O–H groups in total. The van der Waals surface area contributed by atoms with Gasteiger partial charge < -0.3 is 14.2 Å². The third-order valence-electron chi connectivity index (χ3n) is 4.68. The Morgan fingerprint density at radius 3 is 2.32 bits per heavy atom. The maximum atomic E-state index is 12.5. The summed E-state index contributed by atoms with van der Waals surface area (Å²) in [6, 6.07) is 15.2. The fourth-order valence-electron chi connectivity index (χ4n) is 3.14. The van der Waals surface area contributed by atoms with Crippen molar-refractivity contribution in [1.29, 1.82) is 0 Å². The minimum Gasteiger partial charge on any atom is -0.487 e. The predicted octanol–water partition coefficient (Wildman–Crippen LogP) is 5.16. The predicted molar refractivity (Wildman–Crippen MR) is 126 cm³/mol. The Morgan fingerprint density at radius 2 is 1.74 bits per heavy atom. The normalized spacial score (nSPS) is 11.4. The van der Waals surface area contributed by atoms with E-state index in [-0.39, 0.29) is 40.8 Å². The molecule has 34 heavy (non-hydrogen) atoms. The van der Waals surface area contributed by atoms with Crippen LogP contribution in [0, 0.1) is 17.0 Å². The molecule has 0 saturated heterocycles. The first-order valence-electron chi connectivity index (χ1n) is 10.0. The Labute approximate surface area is 198 Å². The maximum absolute atomic E-state index is 12.5. The molecule has 0 bridgehead atoms. The molecule has 3 aromatic carbocycles. The second kappa shape index (κ2) is 10.8. The fraction of sp³-hybridized carbons (Fsp3) is 0.174. The zero-order chi connectivity index (χ0) is 24.8. The van der Waals surface area contributed by atoms with E-state index < -0.39 is 22.2 Å². The zero-order valence-electron chi connectivity index (χ0n) is 18.6. The number of carbonyl (C=O) groups excluding carboxylic acids is 1. The molecule has 0 aliphatic carbocycles. The smallest absolute Gasteiger partial charge is 0.340 e. The third-order valence-corrected chi connectivity index (χ3v) is 5.40. The summed E-state index contributed by atoms with van der Waals surface area (Å²) in [5.41, 5.74) is 1.25. The van der Waals surface area contributed by atoms with Gasteiger partial charge in [-0.15, -0.1) is 0 Å². The van der Waals surface area contributed by atoms with Crippen LogP contribution in [0.25, 0.3) is 0 Å². The standard InChI is InChI=1S/C23H22N2O8S/c1-4-32-22-14-18(10-12-21(22)25(27)28)33-17-9-11-20(19(13-17)23(26)31-3)24(34(29)30)16-7-5-15(2)6-8-16/h5-14H,4H2,1-3H3,(H,29,30). The van der Waals surface area contributed by atoms with E-state index in [0.29, 0.717) is 5.69 Å². The van der Waals surface area contributed by atoms with Gasteiger partial charge in [0.05, 0.1) is 35.6 Å². The minimum absolute atomic E-state index is 0.0186. The van der Waals surface area contributed by atoms with E-state index in [0.717, 1.165) is 9.87 Å². The first kappa shape index (κ1) is 24.7. The number of aryl methyl sites for hydroxylation is 1. The van der Waals surface area contributed by atoms with E-state index >= 15 is 0 Å². The number of ether oxygens (including phenoxy) is 3. The molecular formula is C23H22N2O8S. The van der Waals surface area contributed by atoms with Gasteiger partial charge in [0.25, 0.3) is 11.3 Å². The number of hydrogen-bond acceptors (Lipinski definition) is 7. The molecule has 10 nitrogen and oxygen atoms in total. The van der Waals surface area contributed by atoms with Crippen LogP contribution in [0.1, 0.15) is 22.8 Å². The van der Waals surface area contributed by atoms with E-state index in [4.69, 9.17) is 14.2 Å². The average molecular weight is 487 g/mol. The number of esters is 1. The van der Waals surface area contributed by atoms with Crippen molar-refractivity contribution in [2.45, 2.75) is 13.8 Å². The monoisotopic (exact) mass is 486 g/mol. The molecule has 3 rings (SSSR count). The number of hydrogen-bond donors (Lipinski definition) is 1. The molecule has 3 aromatic rings. The highest BCUT2D eigenvalue weighted by Gasteiger charge is 2.24. The maximum Gasteiger partial charge on any atom is 0.340 e. The van der Waals surface area contributed by atoms with Crippen molar-refractivity contribution in [2.24, 2.45) is 0 Å². The van der Waals surface area contributed by atoms with Crippen molar-refractivity contribution < 1.29 is 32.7 Å². The molecule has 0 spiro atoms. The SMILES string of the molecule is CCOc1cc(Oc2ccc(N(c3ccc(C)cc3)S(=O)O)c(C(=O)OC)c2)ccc1[N+](=O)[O-]. The fourth-order valence-corrected chi connectivity index (χ4v) is 3.77. The van der Waals surface area contributed by atoms with E-state index in [1.54, 1.807) is 31.2 Å². The van der Waals surface area contributed by atoms with Gasteiger partial charge in [-0.25, -0.2) is 13.3 Å². The Balaban J connectivity index is 2.03. The van der Waals surface area contributed by atoms with Gasteiger partial charge in [0, 0.05) is 12.1 Å². The van der Waals surface area contributed by atoms with Gasteiger partial charge in [0.1, 0.15) is 11.5 Å². The second-order valence-corrected chi connectivity index (χ2v) is 7.78. The highest BCUT2D eigenvalue weighted by atomic mass is 32.2. The van der Waals surface area contributed by atoms with Crippen LogP contribution in [0.15, 0.2) is 60.7 Å². The van der Waals surface area contributed by atoms with E-state index in [1.807, 2.05) is 6.92 Å². The van der Waals surface area contributed by atoms with Crippen LogP contribution in [-0.2, 0) is 16.0 Å². The van der Waals surface area contributed by atoms with Gasteiger partial charge in [0.2, 0.25) is 5.75 Å². The number of rotatable bonds is 9. The Bertz CT molecular complexity index is 1230. The lowest BCUT2D eigenvalue weighted by atomic mass is 10.1. The number of carbonyl (C=O) groups is 1. The molecule has 178 valence electrons. The van der Waals surface area contributed by atoms with Crippen molar-refractivity contribution >= 4 is 34.3 Å². The summed E-state index contributed by atoms with van der Waals surface area (Å²) < 4.78 is 39.2. The quantitative estimate of drug-likeness (QED) is 0.190. The van der Waals surface area contributed by atoms with Crippen LogP contribution in [0.5, 0.6) is 17.2 Å². The molecule has 0 aliphatic rings. The van der Waals surface area contributed by atoms with Gasteiger partial charge in [-0.2, -0.15) is 0 Å². The highest BCUT2D eigenvalue weighted by Crippen LogP contribution is 2.36. The van der Waals surface area contributed by atoms with Gasteiger partial charge in [-0.3, -0.25) is 14.7 Å². The summed E-state index contributed by atoms with van der Waals surface area (Å²) in [5.74, 6) is -0.274. The van der Waals surface area contributed by atoms with Crippen LogP contribution >= 0.6 is 0 Å². The lowest BCUT2D eigenvalue weighted by Crippen LogP contribution is -2.22. The van der Waals surface area contributed by atoms with Crippen molar-refractivity contribution in [3.63, 3.8) is 0 Å². The first-order chi connectivity index (χ1) is 16.2. The molecule has 0 heterocycles. The molecule has 0 amide bonds. The number of methoxy groups -OCH3 is 1. The van der Waals surface area contributed by atoms with Gasteiger partial charge in [0.15, 0.2) is 0 Å². The molecule has 0 fully saturated rings. The largest absolute Gasteiger partial charge is 0.487 e. The van der Waals surface area contributed by atoms with E-state index in [2.05, 4.69) is 0 Å². The summed E-state index contributed by atoms with van der Waals surface area (Å²) in [7, 11) is 1.19. The number of nitrogens with zero attached hydrogens (tertiary/aromatic N) is 2. The van der Waals surface area contributed by atoms with Crippen molar-refractivity contribution in [1.82, 2.24) is 0 Å². The molecule has 1 atom stereocenters. The van der Waals surface area contributed by atoms with E-state index in [1.165, 1.54) is 43.5 Å². The van der Waals surface area contributed by atoms with Gasteiger partial charge in [-0.05, 0) is 50.2 Å².